The van der Waals surface area contributed by atoms with Crippen LogP contribution in [0.1, 0.15) is 18.4 Å². The predicted octanol–water partition coefficient (Wildman–Crippen LogP) is 6.41. The van der Waals surface area contributed by atoms with Crippen molar-refractivity contribution in [3.8, 4) is 38.0 Å². The number of methoxy groups -OCH3 is 1. The Morgan fingerprint density at radius 1 is 0.844 bits per heavy atom. The normalized spacial score (nSPS) is 10.8. The van der Waals surface area contributed by atoms with E-state index in [-0.39, 0.29) is 0 Å². The topological polar surface area (TPSA) is 48.4 Å². The molecule has 0 amide bonds. The third kappa shape index (κ3) is 4.96. The van der Waals surface area contributed by atoms with E-state index in [1.54, 1.807) is 24.5 Å². The zero-order chi connectivity index (χ0) is 22.2. The number of ether oxygens (including phenoxy) is 2. The molecule has 161 valence electrons. The molecule has 0 aliphatic rings. The third-order valence-corrected chi connectivity index (χ3v) is 6.20. The SMILES string of the molecule is COCCCCOc1ccccc1-c1sc(-c2ccccc2[C]=O)nc1-c1ccccc1. The van der Waals surface area contributed by atoms with Gasteiger partial charge < -0.3 is 9.47 Å². The summed E-state index contributed by atoms with van der Waals surface area (Å²) < 4.78 is 11.3. The number of thiazole rings is 1. The van der Waals surface area contributed by atoms with Crippen molar-refractivity contribution in [3.63, 3.8) is 0 Å². The first kappa shape index (κ1) is 21.9. The van der Waals surface area contributed by atoms with Crippen molar-refractivity contribution >= 4 is 17.6 Å². The Morgan fingerprint density at radius 3 is 2.31 bits per heavy atom. The smallest absolute Gasteiger partial charge is 0.234 e. The standard InChI is InChI=1S/C27H24NO3S/c1-30-17-9-10-18-31-24-16-8-7-15-23(24)26-25(20-11-3-2-4-12-20)28-27(32-26)22-14-6-5-13-21(22)19-29/h2-8,11-16H,9-10,17-18H2,1H3. The highest BCUT2D eigenvalue weighted by Crippen LogP contribution is 2.44. The molecule has 0 spiro atoms. The van der Waals surface area contributed by atoms with Crippen LogP contribution in [-0.4, -0.2) is 31.6 Å². The molecule has 0 fully saturated rings. The number of rotatable bonds is 10. The van der Waals surface area contributed by atoms with Crippen LogP contribution in [0.25, 0.3) is 32.3 Å². The largest absolute Gasteiger partial charge is 0.493 e. The number of carbonyl (C=O) groups excluding carboxylic acids is 1. The minimum Gasteiger partial charge on any atom is -0.493 e. The lowest BCUT2D eigenvalue weighted by Gasteiger charge is -2.11. The molecule has 4 rings (SSSR count). The Morgan fingerprint density at radius 2 is 1.53 bits per heavy atom. The van der Waals surface area contributed by atoms with Crippen molar-refractivity contribution in [2.45, 2.75) is 12.8 Å². The molecule has 4 nitrogen and oxygen atoms in total. The summed E-state index contributed by atoms with van der Waals surface area (Å²) in [6.45, 7) is 1.35. The van der Waals surface area contributed by atoms with E-state index in [0.717, 1.165) is 57.5 Å². The molecule has 0 aliphatic heterocycles. The van der Waals surface area contributed by atoms with Crippen LogP contribution < -0.4 is 4.74 Å². The number of hydrogen-bond acceptors (Lipinski definition) is 5. The van der Waals surface area contributed by atoms with Crippen LogP contribution in [0.3, 0.4) is 0 Å². The molecule has 3 aromatic carbocycles. The number of benzene rings is 3. The van der Waals surface area contributed by atoms with E-state index in [1.807, 2.05) is 73.0 Å². The average Bonchev–Trinajstić information content (AvgIpc) is 3.30. The second kappa shape index (κ2) is 10.8. The lowest BCUT2D eigenvalue weighted by atomic mass is 10.1. The van der Waals surface area contributed by atoms with Crippen LogP contribution in [0.15, 0.2) is 78.9 Å². The van der Waals surface area contributed by atoms with Crippen molar-refractivity contribution < 1.29 is 14.3 Å². The van der Waals surface area contributed by atoms with Gasteiger partial charge in [-0.3, -0.25) is 4.79 Å². The predicted molar refractivity (Wildman–Crippen MR) is 130 cm³/mol. The van der Waals surface area contributed by atoms with Gasteiger partial charge in [0.15, 0.2) is 0 Å². The molecule has 0 saturated carbocycles. The van der Waals surface area contributed by atoms with E-state index in [4.69, 9.17) is 14.5 Å². The number of unbranched alkanes of at least 4 members (excludes halogenated alkanes) is 1. The molecular formula is C27H24NO3S. The number of nitrogens with zero attached hydrogens (tertiary/aromatic N) is 1. The van der Waals surface area contributed by atoms with Gasteiger partial charge in [-0.1, -0.05) is 66.7 Å². The number of hydrogen-bond donors (Lipinski definition) is 0. The highest BCUT2D eigenvalue weighted by atomic mass is 32.1. The van der Waals surface area contributed by atoms with E-state index in [2.05, 4.69) is 6.07 Å². The van der Waals surface area contributed by atoms with Crippen molar-refractivity contribution in [2.75, 3.05) is 20.3 Å². The fourth-order valence-electron chi connectivity index (χ4n) is 3.48. The highest BCUT2D eigenvalue weighted by molar-refractivity contribution is 7.19. The minimum absolute atomic E-state index is 0.509. The zero-order valence-corrected chi connectivity index (χ0v) is 18.7. The Balaban J connectivity index is 1.77. The summed E-state index contributed by atoms with van der Waals surface area (Å²) in [7, 11) is 1.71. The molecule has 1 heterocycles. The molecule has 0 saturated heterocycles. The Hall–Kier alpha value is -3.28. The van der Waals surface area contributed by atoms with Gasteiger partial charge in [0, 0.05) is 36.0 Å². The monoisotopic (exact) mass is 442 g/mol. The van der Waals surface area contributed by atoms with Gasteiger partial charge in [-0.2, -0.15) is 0 Å². The molecule has 1 aromatic heterocycles. The quantitative estimate of drug-likeness (QED) is 0.266. The van der Waals surface area contributed by atoms with Crippen molar-refractivity contribution in [1.29, 1.82) is 0 Å². The van der Waals surface area contributed by atoms with Crippen molar-refractivity contribution in [3.05, 3.63) is 84.4 Å². The summed E-state index contributed by atoms with van der Waals surface area (Å²) in [5.41, 5.74) is 4.19. The lowest BCUT2D eigenvalue weighted by Crippen LogP contribution is -2.00. The molecule has 0 aliphatic carbocycles. The van der Waals surface area contributed by atoms with Crippen LogP contribution in [0.5, 0.6) is 5.75 Å². The van der Waals surface area contributed by atoms with Gasteiger partial charge in [-0.25, -0.2) is 4.98 Å². The molecular weight excluding hydrogens is 418 g/mol. The van der Waals surface area contributed by atoms with E-state index < -0.39 is 0 Å². The van der Waals surface area contributed by atoms with Crippen LogP contribution in [-0.2, 0) is 9.53 Å². The Labute approximate surface area is 192 Å². The molecule has 1 radical (unpaired) electrons. The summed E-state index contributed by atoms with van der Waals surface area (Å²) in [4.78, 5) is 17.5. The van der Waals surface area contributed by atoms with Gasteiger partial charge in [0.1, 0.15) is 10.8 Å². The second-order valence-electron chi connectivity index (χ2n) is 7.25. The molecule has 4 aromatic rings. The highest BCUT2D eigenvalue weighted by Gasteiger charge is 2.20. The first-order valence-corrected chi connectivity index (χ1v) is 11.4. The first-order chi connectivity index (χ1) is 15.8. The molecule has 0 bridgehead atoms. The van der Waals surface area contributed by atoms with Gasteiger partial charge in [-0.15, -0.1) is 11.3 Å². The third-order valence-electron chi connectivity index (χ3n) is 5.07. The second-order valence-corrected chi connectivity index (χ2v) is 8.25. The van der Waals surface area contributed by atoms with E-state index in [0.29, 0.717) is 12.2 Å². The summed E-state index contributed by atoms with van der Waals surface area (Å²) >= 11 is 1.56. The first-order valence-electron chi connectivity index (χ1n) is 10.6. The van der Waals surface area contributed by atoms with Crippen LogP contribution in [0.2, 0.25) is 0 Å². The van der Waals surface area contributed by atoms with Gasteiger partial charge in [0.25, 0.3) is 0 Å². The number of para-hydroxylation sites is 1. The Kier molecular flexibility index (Phi) is 7.43. The maximum Gasteiger partial charge on any atom is 0.234 e. The Bertz CT molecular complexity index is 1170. The van der Waals surface area contributed by atoms with Gasteiger partial charge >= 0.3 is 0 Å². The molecule has 0 unspecified atom stereocenters. The summed E-state index contributed by atoms with van der Waals surface area (Å²) in [6.07, 6.45) is 3.92. The van der Waals surface area contributed by atoms with Gasteiger partial charge in [0.05, 0.1) is 17.2 Å². The molecule has 32 heavy (non-hydrogen) atoms. The van der Waals surface area contributed by atoms with Crippen LogP contribution >= 0.6 is 11.3 Å². The van der Waals surface area contributed by atoms with Crippen molar-refractivity contribution in [1.82, 2.24) is 4.98 Å². The van der Waals surface area contributed by atoms with Crippen molar-refractivity contribution in [2.24, 2.45) is 0 Å². The fourth-order valence-corrected chi connectivity index (χ4v) is 4.64. The average molecular weight is 443 g/mol. The van der Waals surface area contributed by atoms with Crippen LogP contribution in [0, 0.1) is 0 Å². The van der Waals surface area contributed by atoms with Crippen LogP contribution in [0.4, 0.5) is 0 Å². The van der Waals surface area contributed by atoms with E-state index in [9.17, 15) is 4.79 Å². The summed E-state index contributed by atoms with van der Waals surface area (Å²) in [6, 6.07) is 25.6. The lowest BCUT2D eigenvalue weighted by molar-refractivity contribution is 0.184. The van der Waals surface area contributed by atoms with Gasteiger partial charge in [-0.05, 0) is 25.0 Å². The molecule has 5 heteroatoms. The number of aromatic nitrogens is 1. The molecule has 0 atom stereocenters. The molecule has 0 N–H and O–H groups in total. The van der Waals surface area contributed by atoms with E-state index >= 15 is 0 Å². The zero-order valence-electron chi connectivity index (χ0n) is 17.9. The summed E-state index contributed by atoms with van der Waals surface area (Å²) in [5, 5.41) is 0.785. The van der Waals surface area contributed by atoms with E-state index in [1.165, 1.54) is 0 Å². The minimum atomic E-state index is 0.509. The maximum atomic E-state index is 11.5. The summed E-state index contributed by atoms with van der Waals surface area (Å²) in [5.74, 6) is 0.826. The van der Waals surface area contributed by atoms with Gasteiger partial charge in [0.2, 0.25) is 6.29 Å². The fraction of sp³-hybridized carbons (Fsp3) is 0.185. The maximum absolute atomic E-state index is 11.5.